The molecule has 0 spiro atoms. The first-order valence-electron chi connectivity index (χ1n) is 8.01. The topological polar surface area (TPSA) is 59.8 Å². The number of nitrogens with zero attached hydrogens (tertiary/aromatic N) is 3. The Kier molecular flexibility index (Phi) is 4.34. The second-order valence-electron chi connectivity index (χ2n) is 5.94. The SMILES string of the molecule is Cc1cc(C)n(-c2ccc3cccc(NC(=O)c4ccc(Br)s4)c3n2)n1. The number of aryl methyl sites for hydroxylation is 2. The number of anilines is 1. The Morgan fingerprint density at radius 2 is 2.00 bits per heavy atom. The van der Waals surface area contributed by atoms with Crippen LogP contribution in [0.2, 0.25) is 0 Å². The molecule has 1 amide bonds. The van der Waals surface area contributed by atoms with Crippen LogP contribution in [0, 0.1) is 13.8 Å². The van der Waals surface area contributed by atoms with Crippen LogP contribution in [0.25, 0.3) is 16.7 Å². The van der Waals surface area contributed by atoms with Crippen LogP contribution >= 0.6 is 27.3 Å². The van der Waals surface area contributed by atoms with E-state index in [1.54, 1.807) is 6.07 Å². The predicted octanol–water partition coefficient (Wildman–Crippen LogP) is 5.11. The van der Waals surface area contributed by atoms with Gasteiger partial charge in [-0.1, -0.05) is 12.1 Å². The van der Waals surface area contributed by atoms with Gasteiger partial charge in [0.1, 0.15) is 0 Å². The van der Waals surface area contributed by atoms with E-state index in [9.17, 15) is 4.79 Å². The van der Waals surface area contributed by atoms with Gasteiger partial charge in [0.2, 0.25) is 0 Å². The maximum atomic E-state index is 12.5. The molecule has 5 nitrogen and oxygen atoms in total. The zero-order chi connectivity index (χ0) is 18.3. The predicted molar refractivity (Wildman–Crippen MR) is 108 cm³/mol. The second kappa shape index (κ2) is 6.66. The van der Waals surface area contributed by atoms with Crippen LogP contribution in [0.5, 0.6) is 0 Å². The summed E-state index contributed by atoms with van der Waals surface area (Å²) in [5.41, 5.74) is 3.37. The van der Waals surface area contributed by atoms with Gasteiger partial charge in [0.25, 0.3) is 5.91 Å². The molecule has 0 unspecified atom stereocenters. The Hall–Kier alpha value is -2.51. The van der Waals surface area contributed by atoms with Gasteiger partial charge in [-0.15, -0.1) is 11.3 Å². The van der Waals surface area contributed by atoms with Crippen molar-refractivity contribution < 1.29 is 4.79 Å². The number of fused-ring (bicyclic) bond motifs is 1. The van der Waals surface area contributed by atoms with Crippen molar-refractivity contribution in [1.82, 2.24) is 14.8 Å². The number of benzene rings is 1. The highest BCUT2D eigenvalue weighted by Crippen LogP contribution is 2.26. The summed E-state index contributed by atoms with van der Waals surface area (Å²) in [7, 11) is 0. The van der Waals surface area contributed by atoms with Gasteiger partial charge in [-0.3, -0.25) is 4.79 Å². The molecule has 0 aliphatic carbocycles. The molecule has 3 heterocycles. The summed E-state index contributed by atoms with van der Waals surface area (Å²) in [6.45, 7) is 3.95. The van der Waals surface area contributed by atoms with Crippen molar-refractivity contribution in [3.63, 3.8) is 0 Å². The molecule has 0 saturated carbocycles. The number of aromatic nitrogens is 3. The summed E-state index contributed by atoms with van der Waals surface area (Å²) in [6.07, 6.45) is 0. The summed E-state index contributed by atoms with van der Waals surface area (Å²) in [4.78, 5) is 17.9. The number of para-hydroxylation sites is 1. The normalized spacial score (nSPS) is 11.0. The van der Waals surface area contributed by atoms with Crippen molar-refractivity contribution in [2.75, 3.05) is 5.32 Å². The van der Waals surface area contributed by atoms with Crippen molar-refractivity contribution in [3.05, 3.63) is 68.6 Å². The molecule has 1 N–H and O–H groups in total. The largest absolute Gasteiger partial charge is 0.319 e. The molecule has 4 rings (SSSR count). The van der Waals surface area contributed by atoms with Gasteiger partial charge in [-0.2, -0.15) is 5.10 Å². The third kappa shape index (κ3) is 3.15. The molecular weight excluding hydrogens is 412 g/mol. The van der Waals surface area contributed by atoms with Crippen LogP contribution in [0.1, 0.15) is 21.1 Å². The van der Waals surface area contributed by atoms with Crippen LogP contribution in [0.3, 0.4) is 0 Å². The number of hydrogen-bond donors (Lipinski definition) is 1. The minimum Gasteiger partial charge on any atom is -0.319 e. The van der Waals surface area contributed by atoms with E-state index in [1.165, 1.54) is 11.3 Å². The number of amides is 1. The van der Waals surface area contributed by atoms with Gasteiger partial charge in [-0.25, -0.2) is 9.67 Å². The van der Waals surface area contributed by atoms with Gasteiger partial charge >= 0.3 is 0 Å². The summed E-state index contributed by atoms with van der Waals surface area (Å²) < 4.78 is 2.73. The molecule has 26 heavy (non-hydrogen) atoms. The highest BCUT2D eigenvalue weighted by molar-refractivity contribution is 9.11. The summed E-state index contributed by atoms with van der Waals surface area (Å²) in [6, 6.07) is 15.3. The van der Waals surface area contributed by atoms with Crippen LogP contribution in [0.4, 0.5) is 5.69 Å². The van der Waals surface area contributed by atoms with Crippen LogP contribution < -0.4 is 5.32 Å². The Morgan fingerprint density at radius 1 is 1.15 bits per heavy atom. The van der Waals surface area contributed by atoms with Gasteiger partial charge in [0.15, 0.2) is 5.82 Å². The molecule has 7 heteroatoms. The van der Waals surface area contributed by atoms with Crippen molar-refractivity contribution in [1.29, 1.82) is 0 Å². The minimum atomic E-state index is -0.147. The lowest BCUT2D eigenvalue weighted by molar-refractivity contribution is 0.103. The maximum Gasteiger partial charge on any atom is 0.265 e. The van der Waals surface area contributed by atoms with Gasteiger partial charge in [-0.05, 0) is 66.2 Å². The van der Waals surface area contributed by atoms with E-state index >= 15 is 0 Å². The molecule has 0 fully saturated rings. The highest BCUT2D eigenvalue weighted by atomic mass is 79.9. The van der Waals surface area contributed by atoms with E-state index in [1.807, 2.05) is 61.0 Å². The standard InChI is InChI=1S/C19H15BrN4OS/c1-11-10-12(2)24(23-11)17-9-6-13-4-3-5-14(18(13)22-17)21-19(25)15-7-8-16(20)26-15/h3-10H,1-2H3,(H,21,25). The summed E-state index contributed by atoms with van der Waals surface area (Å²) >= 11 is 4.78. The first-order valence-corrected chi connectivity index (χ1v) is 9.62. The second-order valence-corrected chi connectivity index (χ2v) is 8.41. The van der Waals surface area contributed by atoms with E-state index in [4.69, 9.17) is 4.98 Å². The molecule has 0 saturated heterocycles. The minimum absolute atomic E-state index is 0.147. The van der Waals surface area contributed by atoms with E-state index in [0.717, 1.165) is 31.9 Å². The van der Waals surface area contributed by atoms with E-state index in [0.29, 0.717) is 10.6 Å². The third-order valence-corrected chi connectivity index (χ3v) is 5.60. The number of pyridine rings is 1. The monoisotopic (exact) mass is 426 g/mol. The molecule has 0 radical (unpaired) electrons. The molecule has 0 atom stereocenters. The first-order chi connectivity index (χ1) is 12.5. The lowest BCUT2D eigenvalue weighted by Gasteiger charge is -2.10. The lowest BCUT2D eigenvalue weighted by atomic mass is 10.2. The Balaban J connectivity index is 1.76. The fraction of sp³-hybridized carbons (Fsp3) is 0.105. The molecule has 0 aliphatic rings. The fourth-order valence-corrected chi connectivity index (χ4v) is 4.12. The fourth-order valence-electron chi connectivity index (χ4n) is 2.84. The zero-order valence-electron chi connectivity index (χ0n) is 14.2. The van der Waals surface area contributed by atoms with Crippen molar-refractivity contribution in [3.8, 4) is 5.82 Å². The Labute approximate surface area is 162 Å². The molecule has 1 aromatic carbocycles. The smallest absolute Gasteiger partial charge is 0.265 e. The lowest BCUT2D eigenvalue weighted by Crippen LogP contribution is -2.11. The van der Waals surface area contributed by atoms with Crippen LogP contribution in [-0.2, 0) is 0 Å². The first kappa shape index (κ1) is 16.9. The molecule has 3 aromatic heterocycles. The van der Waals surface area contributed by atoms with Gasteiger partial charge in [0.05, 0.1) is 25.6 Å². The van der Waals surface area contributed by atoms with Crippen molar-refractivity contribution in [2.24, 2.45) is 0 Å². The summed E-state index contributed by atoms with van der Waals surface area (Å²) in [5.74, 6) is 0.579. The number of carbonyl (C=O) groups is 1. The number of rotatable bonds is 3. The van der Waals surface area contributed by atoms with Crippen molar-refractivity contribution in [2.45, 2.75) is 13.8 Å². The highest BCUT2D eigenvalue weighted by Gasteiger charge is 2.13. The average Bonchev–Trinajstić information content (AvgIpc) is 3.20. The van der Waals surface area contributed by atoms with Crippen LogP contribution in [0.15, 0.2) is 52.3 Å². The van der Waals surface area contributed by atoms with Gasteiger partial charge < -0.3 is 5.32 Å². The molecule has 130 valence electrons. The average molecular weight is 427 g/mol. The summed E-state index contributed by atoms with van der Waals surface area (Å²) in [5, 5.41) is 8.42. The quantitative estimate of drug-likeness (QED) is 0.494. The number of nitrogens with one attached hydrogen (secondary N) is 1. The molecule has 0 bridgehead atoms. The Morgan fingerprint density at radius 3 is 2.69 bits per heavy atom. The number of carbonyl (C=O) groups excluding carboxylic acids is 1. The van der Waals surface area contributed by atoms with E-state index in [-0.39, 0.29) is 5.91 Å². The van der Waals surface area contributed by atoms with E-state index in [2.05, 4.69) is 26.3 Å². The maximum absolute atomic E-state index is 12.5. The van der Waals surface area contributed by atoms with Gasteiger partial charge in [0, 0.05) is 11.1 Å². The molecule has 0 aliphatic heterocycles. The molecular formula is C19H15BrN4OS. The number of hydrogen-bond acceptors (Lipinski definition) is 4. The Bertz CT molecular complexity index is 1130. The van der Waals surface area contributed by atoms with E-state index < -0.39 is 0 Å². The zero-order valence-corrected chi connectivity index (χ0v) is 16.6. The van der Waals surface area contributed by atoms with Crippen LogP contribution in [-0.4, -0.2) is 20.7 Å². The number of halogens is 1. The van der Waals surface area contributed by atoms with Crippen molar-refractivity contribution >= 4 is 49.8 Å². The third-order valence-electron chi connectivity index (χ3n) is 3.98. The molecule has 4 aromatic rings. The number of thiophene rings is 1.